The van der Waals surface area contributed by atoms with Crippen molar-refractivity contribution in [1.82, 2.24) is 9.55 Å². The van der Waals surface area contributed by atoms with Gasteiger partial charge in [-0.05, 0) is 25.5 Å². The smallest absolute Gasteiger partial charge is 0.326 e. The fraction of sp³-hybridized carbons (Fsp3) is 0.333. The topological polar surface area (TPSA) is 75.1 Å². The van der Waals surface area contributed by atoms with Crippen LogP contribution in [0.3, 0.4) is 0 Å². The SMILES string of the molecule is CC(C)n1c(=O)[nH]c2cccc(CC(=O)O)c21. The molecule has 0 fully saturated rings. The first kappa shape index (κ1) is 11.4. The lowest BCUT2D eigenvalue weighted by atomic mass is 10.1. The number of nitrogens with zero attached hydrogens (tertiary/aromatic N) is 1. The van der Waals surface area contributed by atoms with Crippen molar-refractivity contribution < 1.29 is 9.90 Å². The number of rotatable bonds is 3. The number of carbonyl (C=O) groups is 1. The fourth-order valence-corrected chi connectivity index (χ4v) is 2.05. The minimum atomic E-state index is -0.901. The summed E-state index contributed by atoms with van der Waals surface area (Å²) in [4.78, 5) is 25.3. The third-order valence-corrected chi connectivity index (χ3v) is 2.68. The maximum absolute atomic E-state index is 11.8. The Bertz CT molecular complexity index is 622. The molecule has 17 heavy (non-hydrogen) atoms. The number of carboxylic acid groups (broad SMARTS) is 1. The molecule has 0 atom stereocenters. The van der Waals surface area contributed by atoms with E-state index in [2.05, 4.69) is 4.98 Å². The van der Waals surface area contributed by atoms with Crippen LogP contribution in [0.15, 0.2) is 23.0 Å². The highest BCUT2D eigenvalue weighted by molar-refractivity contribution is 5.83. The van der Waals surface area contributed by atoms with Crippen molar-refractivity contribution in [2.45, 2.75) is 26.3 Å². The van der Waals surface area contributed by atoms with E-state index in [-0.39, 0.29) is 18.2 Å². The highest BCUT2D eigenvalue weighted by Crippen LogP contribution is 2.19. The largest absolute Gasteiger partial charge is 0.481 e. The van der Waals surface area contributed by atoms with Gasteiger partial charge in [-0.25, -0.2) is 4.79 Å². The van der Waals surface area contributed by atoms with Crippen molar-refractivity contribution in [1.29, 1.82) is 0 Å². The Morgan fingerprint density at radius 2 is 2.18 bits per heavy atom. The van der Waals surface area contributed by atoms with Crippen molar-refractivity contribution >= 4 is 17.0 Å². The molecule has 1 aromatic heterocycles. The van der Waals surface area contributed by atoms with Crippen LogP contribution in [0.4, 0.5) is 0 Å². The summed E-state index contributed by atoms with van der Waals surface area (Å²) in [7, 11) is 0. The van der Waals surface area contributed by atoms with E-state index in [0.717, 1.165) is 0 Å². The average Bonchev–Trinajstić information content (AvgIpc) is 2.54. The number of aliphatic carboxylic acids is 1. The number of benzene rings is 1. The number of hydrogen-bond donors (Lipinski definition) is 2. The molecule has 0 saturated carbocycles. The zero-order valence-corrected chi connectivity index (χ0v) is 9.73. The van der Waals surface area contributed by atoms with Gasteiger partial charge >= 0.3 is 11.7 Å². The standard InChI is InChI=1S/C12H14N2O3/c1-7(2)14-11-8(6-10(15)16)4-3-5-9(11)13-12(14)17/h3-5,7H,6H2,1-2H3,(H,13,17)(H,15,16). The third-order valence-electron chi connectivity index (χ3n) is 2.68. The zero-order chi connectivity index (χ0) is 12.6. The Labute approximate surface area is 97.7 Å². The van der Waals surface area contributed by atoms with Gasteiger partial charge in [0.2, 0.25) is 0 Å². The summed E-state index contributed by atoms with van der Waals surface area (Å²) in [5, 5.41) is 8.87. The molecule has 90 valence electrons. The second-order valence-electron chi connectivity index (χ2n) is 4.28. The first-order chi connectivity index (χ1) is 8.00. The van der Waals surface area contributed by atoms with Gasteiger partial charge in [0.15, 0.2) is 0 Å². The van der Waals surface area contributed by atoms with E-state index in [1.54, 1.807) is 22.8 Å². The Morgan fingerprint density at radius 3 is 2.76 bits per heavy atom. The van der Waals surface area contributed by atoms with Gasteiger partial charge in [0.1, 0.15) is 0 Å². The van der Waals surface area contributed by atoms with Gasteiger partial charge in [-0.2, -0.15) is 0 Å². The highest BCUT2D eigenvalue weighted by Gasteiger charge is 2.14. The molecular weight excluding hydrogens is 220 g/mol. The summed E-state index contributed by atoms with van der Waals surface area (Å²) in [5.41, 5.74) is 1.83. The first-order valence-corrected chi connectivity index (χ1v) is 5.44. The van der Waals surface area contributed by atoms with Crippen LogP contribution in [0.1, 0.15) is 25.5 Å². The average molecular weight is 234 g/mol. The van der Waals surface area contributed by atoms with E-state index in [4.69, 9.17) is 5.11 Å². The molecule has 5 nitrogen and oxygen atoms in total. The van der Waals surface area contributed by atoms with Crippen LogP contribution < -0.4 is 5.69 Å². The van der Waals surface area contributed by atoms with Gasteiger partial charge in [0, 0.05) is 6.04 Å². The minimum absolute atomic E-state index is 0.00815. The van der Waals surface area contributed by atoms with E-state index < -0.39 is 5.97 Å². The Morgan fingerprint density at radius 1 is 1.47 bits per heavy atom. The Kier molecular flexibility index (Phi) is 2.75. The second-order valence-corrected chi connectivity index (χ2v) is 4.28. The third kappa shape index (κ3) is 1.95. The van der Waals surface area contributed by atoms with Gasteiger partial charge in [0.05, 0.1) is 17.5 Å². The van der Waals surface area contributed by atoms with Crippen molar-refractivity contribution in [3.63, 3.8) is 0 Å². The van der Waals surface area contributed by atoms with Crippen molar-refractivity contribution in [2.75, 3.05) is 0 Å². The van der Waals surface area contributed by atoms with Crippen LogP contribution in [-0.4, -0.2) is 20.6 Å². The van der Waals surface area contributed by atoms with Crippen molar-refractivity contribution in [2.24, 2.45) is 0 Å². The minimum Gasteiger partial charge on any atom is -0.481 e. The number of nitrogens with one attached hydrogen (secondary N) is 1. The number of aromatic amines is 1. The summed E-state index contributed by atoms with van der Waals surface area (Å²) >= 11 is 0. The molecule has 2 N–H and O–H groups in total. The molecule has 2 aromatic rings. The molecule has 0 bridgehead atoms. The van der Waals surface area contributed by atoms with Crippen molar-refractivity contribution in [3.8, 4) is 0 Å². The molecule has 5 heteroatoms. The number of imidazole rings is 1. The van der Waals surface area contributed by atoms with Crippen molar-refractivity contribution in [3.05, 3.63) is 34.2 Å². The van der Waals surface area contributed by atoms with Gasteiger partial charge in [-0.1, -0.05) is 12.1 Å². The lowest BCUT2D eigenvalue weighted by molar-refractivity contribution is -0.136. The number of aromatic nitrogens is 2. The number of para-hydroxylation sites is 1. The van der Waals surface area contributed by atoms with Gasteiger partial charge in [-0.3, -0.25) is 9.36 Å². The lowest BCUT2D eigenvalue weighted by Crippen LogP contribution is -2.19. The normalized spacial score (nSPS) is 11.2. The molecule has 1 heterocycles. The van der Waals surface area contributed by atoms with E-state index in [0.29, 0.717) is 16.6 Å². The maximum atomic E-state index is 11.8. The lowest BCUT2D eigenvalue weighted by Gasteiger charge is -2.09. The molecule has 1 aromatic carbocycles. The summed E-state index contributed by atoms with van der Waals surface area (Å²) in [6, 6.07) is 5.26. The summed E-state index contributed by atoms with van der Waals surface area (Å²) in [6.07, 6.45) is -0.0820. The molecule has 0 amide bonds. The summed E-state index contributed by atoms with van der Waals surface area (Å²) in [5.74, 6) is -0.901. The summed E-state index contributed by atoms with van der Waals surface area (Å²) < 4.78 is 1.59. The highest BCUT2D eigenvalue weighted by atomic mass is 16.4. The van der Waals surface area contributed by atoms with E-state index >= 15 is 0 Å². The number of H-pyrrole nitrogens is 1. The Balaban J connectivity index is 2.76. The molecule has 0 saturated heterocycles. The van der Waals surface area contributed by atoms with Crippen LogP contribution in [0.2, 0.25) is 0 Å². The molecule has 0 unspecified atom stereocenters. The summed E-state index contributed by atoms with van der Waals surface area (Å²) in [6.45, 7) is 3.79. The molecule has 2 rings (SSSR count). The molecular formula is C12H14N2O3. The zero-order valence-electron chi connectivity index (χ0n) is 9.73. The number of carboxylic acids is 1. The predicted molar refractivity (Wildman–Crippen MR) is 64.3 cm³/mol. The van der Waals surface area contributed by atoms with Gasteiger partial charge in [-0.15, -0.1) is 0 Å². The molecule has 0 aliphatic rings. The molecule has 0 spiro atoms. The van der Waals surface area contributed by atoms with E-state index in [1.165, 1.54) is 0 Å². The van der Waals surface area contributed by atoms with Crippen LogP contribution in [0.5, 0.6) is 0 Å². The van der Waals surface area contributed by atoms with Gasteiger partial charge < -0.3 is 10.1 Å². The monoisotopic (exact) mass is 234 g/mol. The van der Waals surface area contributed by atoms with E-state index in [1.807, 2.05) is 13.8 Å². The molecule has 0 aliphatic heterocycles. The van der Waals surface area contributed by atoms with E-state index in [9.17, 15) is 9.59 Å². The Hall–Kier alpha value is -2.04. The maximum Gasteiger partial charge on any atom is 0.326 e. The van der Waals surface area contributed by atoms with Crippen LogP contribution >= 0.6 is 0 Å². The number of fused-ring (bicyclic) bond motifs is 1. The quantitative estimate of drug-likeness (QED) is 0.845. The molecule has 0 aliphatic carbocycles. The number of hydrogen-bond acceptors (Lipinski definition) is 2. The predicted octanol–water partition coefficient (Wildman–Crippen LogP) is 1.54. The van der Waals surface area contributed by atoms with Crippen LogP contribution in [-0.2, 0) is 11.2 Å². The molecule has 0 radical (unpaired) electrons. The first-order valence-electron chi connectivity index (χ1n) is 5.44. The van der Waals surface area contributed by atoms with Crippen LogP contribution in [0, 0.1) is 0 Å². The van der Waals surface area contributed by atoms with Gasteiger partial charge in [0.25, 0.3) is 0 Å². The fourth-order valence-electron chi connectivity index (χ4n) is 2.05. The van der Waals surface area contributed by atoms with Crippen LogP contribution in [0.25, 0.3) is 11.0 Å². The second kappa shape index (κ2) is 4.08.